The topological polar surface area (TPSA) is 62.3 Å². The van der Waals surface area contributed by atoms with Crippen molar-refractivity contribution in [1.82, 2.24) is 9.88 Å². The van der Waals surface area contributed by atoms with E-state index in [0.29, 0.717) is 13.0 Å². The third kappa shape index (κ3) is 2.64. The minimum atomic E-state index is -0.766. The molecular weight excluding hydrogens is 350 g/mol. The fourth-order valence-corrected chi connectivity index (χ4v) is 5.03. The summed E-state index contributed by atoms with van der Waals surface area (Å²) < 4.78 is 0. The molecule has 2 amide bonds. The Bertz CT molecular complexity index is 909. The van der Waals surface area contributed by atoms with Crippen LogP contribution in [0.15, 0.2) is 48.8 Å². The van der Waals surface area contributed by atoms with E-state index >= 15 is 0 Å². The highest BCUT2D eigenvalue weighted by Crippen LogP contribution is 2.55. The lowest BCUT2D eigenvalue weighted by Gasteiger charge is -2.37. The molecular formula is C23H27N3O2. The molecule has 4 rings (SSSR count). The Labute approximate surface area is 166 Å². The van der Waals surface area contributed by atoms with Gasteiger partial charge in [0.25, 0.3) is 0 Å². The van der Waals surface area contributed by atoms with Crippen LogP contribution < -0.4 is 5.32 Å². The van der Waals surface area contributed by atoms with Crippen LogP contribution in [-0.2, 0) is 15.0 Å². The van der Waals surface area contributed by atoms with Gasteiger partial charge < -0.3 is 10.2 Å². The number of fused-ring (bicyclic) bond motifs is 2. The second-order valence-electron chi connectivity index (χ2n) is 8.54. The fraction of sp³-hybridized carbons (Fsp3) is 0.435. The number of likely N-dealkylation sites (tertiary alicyclic amines) is 1. The minimum absolute atomic E-state index is 0.0221. The van der Waals surface area contributed by atoms with Gasteiger partial charge in [0.2, 0.25) is 11.8 Å². The number of hydrogen-bond acceptors (Lipinski definition) is 3. The molecule has 2 aromatic rings. The summed E-state index contributed by atoms with van der Waals surface area (Å²) >= 11 is 0. The fourth-order valence-electron chi connectivity index (χ4n) is 5.03. The van der Waals surface area contributed by atoms with Crippen LogP contribution >= 0.6 is 0 Å². The van der Waals surface area contributed by atoms with Gasteiger partial charge in [-0.05, 0) is 36.1 Å². The SMILES string of the molecule is CCCC(C)(C)C(=O)N1CCC2(C(=O)Nc3ccccc32)C1c1cccnc1. The zero-order chi connectivity index (χ0) is 19.9. The first-order valence-electron chi connectivity index (χ1n) is 10.0. The van der Waals surface area contributed by atoms with Crippen molar-refractivity contribution in [3.05, 3.63) is 59.9 Å². The molecule has 28 heavy (non-hydrogen) atoms. The van der Waals surface area contributed by atoms with E-state index < -0.39 is 10.8 Å². The van der Waals surface area contributed by atoms with Crippen LogP contribution in [0.1, 0.15) is 57.2 Å². The van der Waals surface area contributed by atoms with Gasteiger partial charge >= 0.3 is 0 Å². The maximum Gasteiger partial charge on any atom is 0.237 e. The predicted molar refractivity (Wildman–Crippen MR) is 109 cm³/mol. The predicted octanol–water partition coefficient (Wildman–Crippen LogP) is 4.07. The molecule has 1 spiro atoms. The van der Waals surface area contributed by atoms with Gasteiger partial charge in [0, 0.05) is 30.0 Å². The van der Waals surface area contributed by atoms with Crippen molar-refractivity contribution >= 4 is 17.5 Å². The number of anilines is 1. The Kier molecular flexibility index (Phi) is 4.48. The number of para-hydroxylation sites is 1. The van der Waals surface area contributed by atoms with Crippen LogP contribution in [-0.4, -0.2) is 28.2 Å². The van der Waals surface area contributed by atoms with Crippen molar-refractivity contribution in [1.29, 1.82) is 0 Å². The molecule has 0 saturated carbocycles. The second-order valence-corrected chi connectivity index (χ2v) is 8.54. The normalized spacial score (nSPS) is 23.8. The van der Waals surface area contributed by atoms with Crippen LogP contribution in [0.25, 0.3) is 0 Å². The highest BCUT2D eigenvalue weighted by atomic mass is 16.2. The third-order valence-corrected chi connectivity index (χ3v) is 6.30. The third-order valence-electron chi connectivity index (χ3n) is 6.30. The summed E-state index contributed by atoms with van der Waals surface area (Å²) in [6.07, 6.45) is 5.89. The molecule has 2 unspecified atom stereocenters. The molecule has 2 atom stereocenters. The van der Waals surface area contributed by atoms with Gasteiger partial charge in [0.05, 0.1) is 6.04 Å². The molecule has 146 valence electrons. The summed E-state index contributed by atoms with van der Waals surface area (Å²) in [5, 5.41) is 3.06. The number of carbonyl (C=O) groups excluding carboxylic acids is 2. The summed E-state index contributed by atoms with van der Waals surface area (Å²) in [6.45, 7) is 6.67. The molecule has 1 fully saturated rings. The van der Waals surface area contributed by atoms with Gasteiger partial charge in [0.15, 0.2) is 0 Å². The van der Waals surface area contributed by atoms with E-state index in [-0.39, 0.29) is 17.9 Å². The van der Waals surface area contributed by atoms with Gasteiger partial charge in [-0.15, -0.1) is 0 Å². The number of pyridine rings is 1. The highest BCUT2D eigenvalue weighted by molar-refractivity contribution is 6.07. The van der Waals surface area contributed by atoms with Gasteiger partial charge in [-0.25, -0.2) is 0 Å². The number of benzene rings is 1. The van der Waals surface area contributed by atoms with Crippen LogP contribution in [0.3, 0.4) is 0 Å². The molecule has 0 aliphatic carbocycles. The van der Waals surface area contributed by atoms with Crippen molar-refractivity contribution in [3.8, 4) is 0 Å². The van der Waals surface area contributed by atoms with Crippen molar-refractivity contribution in [2.45, 2.75) is 51.5 Å². The van der Waals surface area contributed by atoms with E-state index in [1.165, 1.54) is 0 Å². The number of hydrogen-bond donors (Lipinski definition) is 1. The second kappa shape index (κ2) is 6.73. The molecule has 3 heterocycles. The molecule has 1 aromatic carbocycles. The number of rotatable bonds is 4. The van der Waals surface area contributed by atoms with E-state index in [1.807, 2.05) is 55.1 Å². The first-order chi connectivity index (χ1) is 13.4. The maximum absolute atomic E-state index is 13.6. The van der Waals surface area contributed by atoms with Crippen LogP contribution in [0.4, 0.5) is 5.69 Å². The lowest BCUT2D eigenvalue weighted by Crippen LogP contribution is -2.46. The first-order valence-corrected chi connectivity index (χ1v) is 10.0. The molecule has 1 N–H and O–H groups in total. The van der Waals surface area contributed by atoms with Crippen LogP contribution in [0.2, 0.25) is 0 Å². The lowest BCUT2D eigenvalue weighted by molar-refractivity contribution is -0.142. The molecule has 5 nitrogen and oxygen atoms in total. The van der Waals surface area contributed by atoms with Crippen molar-refractivity contribution in [2.75, 3.05) is 11.9 Å². The number of carbonyl (C=O) groups is 2. The zero-order valence-corrected chi connectivity index (χ0v) is 16.7. The highest BCUT2D eigenvalue weighted by Gasteiger charge is 2.60. The number of nitrogens with zero attached hydrogens (tertiary/aromatic N) is 2. The summed E-state index contributed by atoms with van der Waals surface area (Å²) in [5.41, 5.74) is 1.51. The summed E-state index contributed by atoms with van der Waals surface area (Å²) in [7, 11) is 0. The van der Waals surface area contributed by atoms with Crippen LogP contribution in [0, 0.1) is 5.41 Å². The average Bonchev–Trinajstić information content (AvgIpc) is 3.22. The number of nitrogens with one attached hydrogen (secondary N) is 1. The Balaban J connectivity index is 1.86. The Morgan fingerprint density at radius 1 is 1.29 bits per heavy atom. The monoisotopic (exact) mass is 377 g/mol. The van der Waals surface area contributed by atoms with E-state index in [2.05, 4.69) is 17.2 Å². The quantitative estimate of drug-likeness (QED) is 0.874. The molecule has 2 aliphatic heterocycles. The number of amides is 2. The van der Waals surface area contributed by atoms with Crippen molar-refractivity contribution < 1.29 is 9.59 Å². The molecule has 5 heteroatoms. The molecule has 0 bridgehead atoms. The molecule has 1 aromatic heterocycles. The standard InChI is InChI=1S/C23H27N3O2/c1-4-11-22(2,3)21(28)26-14-12-23(19(26)16-8-7-13-24-15-16)17-9-5-6-10-18(17)25-20(23)27/h5-10,13,15,19H,4,11-12,14H2,1-3H3,(H,25,27). The van der Waals surface area contributed by atoms with Gasteiger partial charge in [-0.1, -0.05) is 51.5 Å². The number of aromatic nitrogens is 1. The molecule has 0 radical (unpaired) electrons. The van der Waals surface area contributed by atoms with Crippen LogP contribution in [0.5, 0.6) is 0 Å². The smallest absolute Gasteiger partial charge is 0.237 e. The zero-order valence-electron chi connectivity index (χ0n) is 16.7. The van der Waals surface area contributed by atoms with E-state index in [1.54, 1.807) is 12.4 Å². The first kappa shape index (κ1) is 18.7. The Morgan fingerprint density at radius 2 is 2.07 bits per heavy atom. The van der Waals surface area contributed by atoms with Crippen molar-refractivity contribution in [3.63, 3.8) is 0 Å². The minimum Gasteiger partial charge on any atom is -0.334 e. The Hall–Kier alpha value is -2.69. The van der Waals surface area contributed by atoms with E-state index in [0.717, 1.165) is 29.7 Å². The average molecular weight is 377 g/mol. The molecule has 1 saturated heterocycles. The maximum atomic E-state index is 13.6. The van der Waals surface area contributed by atoms with Gasteiger partial charge in [0.1, 0.15) is 5.41 Å². The molecule has 2 aliphatic rings. The van der Waals surface area contributed by atoms with Crippen molar-refractivity contribution in [2.24, 2.45) is 5.41 Å². The van der Waals surface area contributed by atoms with E-state index in [4.69, 9.17) is 0 Å². The summed E-state index contributed by atoms with van der Waals surface area (Å²) in [5.74, 6) is 0.0865. The lowest BCUT2D eigenvalue weighted by atomic mass is 9.72. The van der Waals surface area contributed by atoms with Gasteiger partial charge in [-0.2, -0.15) is 0 Å². The van der Waals surface area contributed by atoms with E-state index in [9.17, 15) is 9.59 Å². The van der Waals surface area contributed by atoms with Gasteiger partial charge in [-0.3, -0.25) is 14.6 Å². The summed E-state index contributed by atoms with van der Waals surface area (Å²) in [4.78, 5) is 33.1. The summed E-state index contributed by atoms with van der Waals surface area (Å²) in [6, 6.07) is 11.3. The Morgan fingerprint density at radius 3 is 2.79 bits per heavy atom. The largest absolute Gasteiger partial charge is 0.334 e.